The van der Waals surface area contributed by atoms with Gasteiger partial charge in [0, 0.05) is 17.0 Å². The molecule has 6 nitrogen and oxygen atoms in total. The first-order valence-corrected chi connectivity index (χ1v) is 9.25. The topological polar surface area (TPSA) is 72.2 Å². The third kappa shape index (κ3) is 3.88. The Hall–Kier alpha value is -2.80. The van der Waals surface area contributed by atoms with Crippen LogP contribution in [0.1, 0.15) is 26.3 Å². The molecule has 0 radical (unpaired) electrons. The van der Waals surface area contributed by atoms with Gasteiger partial charge in [-0.1, -0.05) is 6.07 Å². The van der Waals surface area contributed by atoms with Crippen LogP contribution in [0.2, 0.25) is 0 Å². The van der Waals surface area contributed by atoms with Crippen molar-refractivity contribution in [3.8, 4) is 23.0 Å². The molecule has 26 heavy (non-hydrogen) atoms. The fraction of sp³-hybridized carbons (Fsp3) is 0.263. The fourth-order valence-electron chi connectivity index (χ4n) is 2.35. The largest absolute Gasteiger partial charge is 0.504 e. The second-order valence-electron chi connectivity index (χ2n) is 5.79. The molecular weight excluding hydrogens is 350 g/mol. The number of ether oxygens (including phenoxy) is 1. The number of rotatable bonds is 6. The van der Waals surface area contributed by atoms with Crippen molar-refractivity contribution < 1.29 is 14.3 Å². The lowest BCUT2D eigenvalue weighted by atomic mass is 10.2. The second kappa shape index (κ2) is 8.05. The minimum atomic E-state index is 0.0656. The molecule has 0 aliphatic carbocycles. The lowest BCUT2D eigenvalue weighted by molar-refractivity contribution is 0.318. The van der Waals surface area contributed by atoms with Crippen molar-refractivity contribution in [2.45, 2.75) is 26.8 Å². The summed E-state index contributed by atoms with van der Waals surface area (Å²) in [7, 11) is 0. The van der Waals surface area contributed by atoms with Gasteiger partial charge >= 0.3 is 0 Å². The zero-order valence-corrected chi connectivity index (χ0v) is 15.7. The summed E-state index contributed by atoms with van der Waals surface area (Å²) in [5.41, 5.74) is 1.37. The van der Waals surface area contributed by atoms with Gasteiger partial charge in [0.1, 0.15) is 5.69 Å². The molecule has 2 heterocycles. The fourth-order valence-corrected chi connectivity index (χ4v) is 3.30. The van der Waals surface area contributed by atoms with Gasteiger partial charge in [0.25, 0.3) is 0 Å². The van der Waals surface area contributed by atoms with E-state index in [2.05, 4.69) is 10.1 Å². The van der Waals surface area contributed by atoms with E-state index in [9.17, 15) is 5.11 Å². The van der Waals surface area contributed by atoms with Crippen LogP contribution in [0.3, 0.4) is 0 Å². The number of aromatic hydroxyl groups is 1. The second-order valence-corrected chi connectivity index (χ2v) is 6.62. The lowest BCUT2D eigenvalue weighted by Crippen LogP contribution is -2.14. The molecule has 1 aromatic carbocycles. The van der Waals surface area contributed by atoms with E-state index in [-0.39, 0.29) is 11.8 Å². The smallest absolute Gasteiger partial charge is 0.206 e. The van der Waals surface area contributed by atoms with Crippen molar-refractivity contribution in [3.05, 3.63) is 52.3 Å². The summed E-state index contributed by atoms with van der Waals surface area (Å²) >= 11 is 1.49. The number of aromatic nitrogens is 1. The maximum atomic E-state index is 10.4. The van der Waals surface area contributed by atoms with Crippen LogP contribution in [-0.2, 0) is 0 Å². The van der Waals surface area contributed by atoms with Gasteiger partial charge in [-0.15, -0.1) is 11.3 Å². The van der Waals surface area contributed by atoms with Crippen LogP contribution in [0.5, 0.6) is 11.5 Å². The van der Waals surface area contributed by atoms with Gasteiger partial charge in [-0.2, -0.15) is 5.10 Å². The normalized spacial score (nSPS) is 12.4. The van der Waals surface area contributed by atoms with E-state index in [0.29, 0.717) is 23.7 Å². The molecule has 0 amide bonds. The van der Waals surface area contributed by atoms with Crippen molar-refractivity contribution in [2.24, 2.45) is 10.1 Å². The lowest BCUT2D eigenvalue weighted by Gasteiger charge is -2.07. The Balaban J connectivity index is 2.05. The third-order valence-corrected chi connectivity index (χ3v) is 4.30. The highest BCUT2D eigenvalue weighted by molar-refractivity contribution is 7.07. The number of nitrogens with zero attached hydrogens (tertiary/aromatic N) is 3. The van der Waals surface area contributed by atoms with Gasteiger partial charge < -0.3 is 14.3 Å². The molecule has 0 saturated heterocycles. The summed E-state index contributed by atoms with van der Waals surface area (Å²) in [4.78, 5) is 5.36. The predicted molar refractivity (Wildman–Crippen MR) is 103 cm³/mol. The summed E-state index contributed by atoms with van der Waals surface area (Å²) in [5, 5.41) is 16.8. The minimum absolute atomic E-state index is 0.0656. The summed E-state index contributed by atoms with van der Waals surface area (Å²) in [5.74, 6) is 1.21. The quantitative estimate of drug-likeness (QED) is 0.663. The van der Waals surface area contributed by atoms with Gasteiger partial charge in [-0.3, -0.25) is 4.99 Å². The van der Waals surface area contributed by atoms with Gasteiger partial charge in [0.05, 0.1) is 19.1 Å². The Bertz CT molecular complexity index is 953. The van der Waals surface area contributed by atoms with Crippen LogP contribution in [0, 0.1) is 0 Å². The average molecular weight is 371 g/mol. The van der Waals surface area contributed by atoms with Crippen LogP contribution in [0.25, 0.3) is 11.5 Å². The van der Waals surface area contributed by atoms with Crippen molar-refractivity contribution in [1.82, 2.24) is 4.68 Å². The molecule has 0 spiro atoms. The minimum Gasteiger partial charge on any atom is -0.504 e. The molecule has 0 saturated carbocycles. The molecule has 136 valence electrons. The van der Waals surface area contributed by atoms with E-state index in [1.165, 1.54) is 11.3 Å². The Kier molecular flexibility index (Phi) is 5.58. The SMILES string of the molecule is CCOc1cccc(C=Nn2c(-c3ccco3)csc2=NC(C)C)c1O. The molecule has 0 bridgehead atoms. The maximum Gasteiger partial charge on any atom is 0.206 e. The first-order valence-electron chi connectivity index (χ1n) is 8.37. The Morgan fingerprint density at radius 1 is 1.31 bits per heavy atom. The van der Waals surface area contributed by atoms with Gasteiger partial charge in [-0.05, 0) is 45.0 Å². The molecule has 0 unspecified atom stereocenters. The highest BCUT2D eigenvalue weighted by Gasteiger charge is 2.11. The molecule has 0 atom stereocenters. The number of hydrogen-bond acceptors (Lipinski definition) is 6. The van der Waals surface area contributed by atoms with Crippen LogP contribution in [0.15, 0.2) is 56.5 Å². The Labute approximate surface area is 155 Å². The van der Waals surface area contributed by atoms with E-state index < -0.39 is 0 Å². The number of phenolic OH excluding ortho intramolecular Hbond substituents is 1. The van der Waals surface area contributed by atoms with Gasteiger partial charge in [0.15, 0.2) is 17.3 Å². The van der Waals surface area contributed by atoms with E-state index >= 15 is 0 Å². The number of benzene rings is 1. The average Bonchev–Trinajstić information content (AvgIpc) is 3.25. The van der Waals surface area contributed by atoms with E-state index in [1.807, 2.05) is 44.4 Å². The summed E-state index contributed by atoms with van der Waals surface area (Å²) in [6, 6.07) is 9.16. The number of para-hydroxylation sites is 1. The molecule has 0 fully saturated rings. The molecule has 7 heteroatoms. The Morgan fingerprint density at radius 3 is 2.85 bits per heavy atom. The van der Waals surface area contributed by atoms with E-state index in [0.717, 1.165) is 10.5 Å². The molecule has 3 rings (SSSR count). The monoisotopic (exact) mass is 371 g/mol. The number of thiazole rings is 1. The summed E-state index contributed by atoms with van der Waals surface area (Å²) < 4.78 is 12.6. The maximum absolute atomic E-state index is 10.4. The van der Waals surface area contributed by atoms with Crippen molar-refractivity contribution >= 4 is 17.6 Å². The molecule has 3 aromatic rings. The molecule has 1 N–H and O–H groups in total. The summed E-state index contributed by atoms with van der Waals surface area (Å²) in [6.45, 7) is 6.37. The van der Waals surface area contributed by atoms with Gasteiger partial charge in [-0.25, -0.2) is 4.68 Å². The van der Waals surface area contributed by atoms with E-state index in [4.69, 9.17) is 9.15 Å². The van der Waals surface area contributed by atoms with Crippen LogP contribution in [0.4, 0.5) is 0 Å². The standard InChI is InChI=1S/C19H21N3O3S/c1-4-24-17-8-5-7-14(18(17)23)11-20-22-15(16-9-6-10-25-16)12-26-19(22)21-13(2)3/h5-13,23H,4H2,1-3H3. The van der Waals surface area contributed by atoms with Gasteiger partial charge in [0.2, 0.25) is 4.80 Å². The number of furan rings is 1. The zero-order valence-electron chi connectivity index (χ0n) is 14.9. The van der Waals surface area contributed by atoms with Crippen molar-refractivity contribution in [1.29, 1.82) is 0 Å². The highest BCUT2D eigenvalue weighted by Crippen LogP contribution is 2.28. The van der Waals surface area contributed by atoms with E-state index in [1.54, 1.807) is 29.3 Å². The Morgan fingerprint density at radius 2 is 2.15 bits per heavy atom. The molecule has 2 aromatic heterocycles. The summed E-state index contributed by atoms with van der Waals surface area (Å²) in [6.07, 6.45) is 3.22. The molecule has 0 aliphatic rings. The third-order valence-electron chi connectivity index (χ3n) is 3.47. The van der Waals surface area contributed by atoms with Crippen LogP contribution < -0.4 is 9.54 Å². The molecule has 0 aliphatic heterocycles. The predicted octanol–water partition coefficient (Wildman–Crippen LogP) is 4.11. The molecular formula is C19H21N3O3S. The number of phenols is 1. The van der Waals surface area contributed by atoms with Crippen molar-refractivity contribution in [3.63, 3.8) is 0 Å². The van der Waals surface area contributed by atoms with Crippen molar-refractivity contribution in [2.75, 3.05) is 6.61 Å². The van der Waals surface area contributed by atoms with Crippen LogP contribution >= 0.6 is 11.3 Å². The first-order chi connectivity index (χ1) is 12.6. The zero-order chi connectivity index (χ0) is 18.5. The van der Waals surface area contributed by atoms with Crippen LogP contribution in [-0.4, -0.2) is 28.6 Å². The first kappa shape index (κ1) is 18.0. The number of hydrogen-bond donors (Lipinski definition) is 1. The highest BCUT2D eigenvalue weighted by atomic mass is 32.1.